The van der Waals surface area contributed by atoms with E-state index in [-0.39, 0.29) is 11.8 Å². The van der Waals surface area contributed by atoms with E-state index in [4.69, 9.17) is 4.74 Å². The van der Waals surface area contributed by atoms with E-state index in [0.29, 0.717) is 6.54 Å². The van der Waals surface area contributed by atoms with Crippen LogP contribution in [0.15, 0.2) is 12.4 Å². The summed E-state index contributed by atoms with van der Waals surface area (Å²) >= 11 is 0. The lowest BCUT2D eigenvalue weighted by Crippen LogP contribution is -2.42. The number of amides is 1. The summed E-state index contributed by atoms with van der Waals surface area (Å²) in [6.45, 7) is 6.59. The lowest BCUT2D eigenvalue weighted by molar-refractivity contribution is -0.125. The predicted octanol–water partition coefficient (Wildman–Crippen LogP) is 0.00460. The Morgan fingerprint density at radius 3 is 2.89 bits per heavy atom. The van der Waals surface area contributed by atoms with E-state index in [1.807, 2.05) is 24.7 Å². The van der Waals surface area contributed by atoms with E-state index in [1.54, 1.807) is 6.20 Å². The van der Waals surface area contributed by atoms with E-state index in [2.05, 4.69) is 15.2 Å². The molecule has 1 saturated heterocycles. The molecule has 1 aliphatic heterocycles. The Morgan fingerprint density at radius 2 is 2.26 bits per heavy atom. The van der Waals surface area contributed by atoms with E-state index >= 15 is 0 Å². The fourth-order valence-corrected chi connectivity index (χ4v) is 2.16. The van der Waals surface area contributed by atoms with Crippen molar-refractivity contribution in [1.82, 2.24) is 19.8 Å². The third-order valence-electron chi connectivity index (χ3n) is 3.43. The van der Waals surface area contributed by atoms with E-state index < -0.39 is 0 Å². The molecule has 0 radical (unpaired) electrons. The van der Waals surface area contributed by atoms with Gasteiger partial charge in [-0.05, 0) is 0 Å². The standard InChI is InChI=1S/C13H22N4O2/c1-11(10-17-5-7-19-8-6-17)13(18)15-9-12-14-3-4-16(12)2/h3-4,11H,5-10H2,1-2H3,(H,15,18). The second-order valence-corrected chi connectivity index (χ2v) is 4.99. The number of hydrogen-bond acceptors (Lipinski definition) is 4. The third kappa shape index (κ3) is 4.04. The molecule has 1 atom stereocenters. The van der Waals surface area contributed by atoms with Crippen LogP contribution in [-0.2, 0) is 23.1 Å². The van der Waals surface area contributed by atoms with Gasteiger partial charge in [-0.3, -0.25) is 9.69 Å². The molecule has 0 spiro atoms. The second-order valence-electron chi connectivity index (χ2n) is 4.99. The molecule has 19 heavy (non-hydrogen) atoms. The first-order valence-electron chi connectivity index (χ1n) is 6.71. The molecular formula is C13H22N4O2. The van der Waals surface area contributed by atoms with Gasteiger partial charge in [-0.15, -0.1) is 0 Å². The first-order valence-corrected chi connectivity index (χ1v) is 6.71. The summed E-state index contributed by atoms with van der Waals surface area (Å²) in [5, 5.41) is 2.94. The summed E-state index contributed by atoms with van der Waals surface area (Å²) in [5.41, 5.74) is 0. The average Bonchev–Trinajstić information content (AvgIpc) is 2.82. The van der Waals surface area contributed by atoms with Crippen LogP contribution < -0.4 is 5.32 Å². The van der Waals surface area contributed by atoms with Crippen LogP contribution in [0.1, 0.15) is 12.7 Å². The molecular weight excluding hydrogens is 244 g/mol. The summed E-state index contributed by atoms with van der Waals surface area (Å²) in [4.78, 5) is 18.5. The molecule has 0 aliphatic carbocycles. The molecule has 2 rings (SSSR count). The van der Waals surface area contributed by atoms with Gasteiger partial charge in [-0.25, -0.2) is 4.98 Å². The zero-order valence-electron chi connectivity index (χ0n) is 11.6. The number of carbonyl (C=O) groups is 1. The van der Waals surface area contributed by atoms with E-state index in [9.17, 15) is 4.79 Å². The van der Waals surface area contributed by atoms with Crippen molar-refractivity contribution in [3.05, 3.63) is 18.2 Å². The number of morpholine rings is 1. The number of aromatic nitrogens is 2. The number of hydrogen-bond donors (Lipinski definition) is 1. The van der Waals surface area contributed by atoms with Gasteiger partial charge in [0.2, 0.25) is 5.91 Å². The lowest BCUT2D eigenvalue weighted by atomic mass is 10.1. The topological polar surface area (TPSA) is 59.4 Å². The zero-order valence-corrected chi connectivity index (χ0v) is 11.6. The highest BCUT2D eigenvalue weighted by Gasteiger charge is 2.18. The molecule has 0 saturated carbocycles. The number of ether oxygens (including phenoxy) is 1. The lowest BCUT2D eigenvalue weighted by Gasteiger charge is -2.28. The Balaban J connectivity index is 1.74. The first kappa shape index (κ1) is 14.0. The molecule has 1 aliphatic rings. The Hall–Kier alpha value is -1.40. The van der Waals surface area contributed by atoms with Gasteiger partial charge in [-0.1, -0.05) is 6.92 Å². The van der Waals surface area contributed by atoms with Crippen molar-refractivity contribution in [2.75, 3.05) is 32.8 Å². The molecule has 106 valence electrons. The van der Waals surface area contributed by atoms with Crippen LogP contribution in [0.2, 0.25) is 0 Å². The Labute approximate surface area is 113 Å². The van der Waals surface area contributed by atoms with Gasteiger partial charge in [-0.2, -0.15) is 0 Å². The molecule has 2 heterocycles. The van der Waals surface area contributed by atoms with Gasteiger partial charge >= 0.3 is 0 Å². The summed E-state index contributed by atoms with van der Waals surface area (Å²) in [6, 6.07) is 0. The number of aryl methyl sites for hydroxylation is 1. The number of carbonyl (C=O) groups excluding carboxylic acids is 1. The number of rotatable bonds is 5. The van der Waals surface area contributed by atoms with Crippen molar-refractivity contribution >= 4 is 5.91 Å². The van der Waals surface area contributed by atoms with Gasteiger partial charge < -0.3 is 14.6 Å². The average molecular weight is 266 g/mol. The van der Waals surface area contributed by atoms with Crippen molar-refractivity contribution in [3.8, 4) is 0 Å². The molecule has 0 bridgehead atoms. The van der Waals surface area contributed by atoms with Gasteiger partial charge in [0.25, 0.3) is 0 Å². The quantitative estimate of drug-likeness (QED) is 0.815. The van der Waals surface area contributed by atoms with E-state index in [1.165, 1.54) is 0 Å². The molecule has 1 N–H and O–H groups in total. The zero-order chi connectivity index (χ0) is 13.7. The molecule has 1 unspecified atom stereocenters. The molecule has 0 aromatic carbocycles. The van der Waals surface area contributed by atoms with Crippen LogP contribution in [0.25, 0.3) is 0 Å². The van der Waals surface area contributed by atoms with Crippen LogP contribution >= 0.6 is 0 Å². The minimum Gasteiger partial charge on any atom is -0.379 e. The summed E-state index contributed by atoms with van der Waals surface area (Å²) in [5.74, 6) is 0.930. The number of nitrogens with zero attached hydrogens (tertiary/aromatic N) is 3. The smallest absolute Gasteiger partial charge is 0.224 e. The summed E-state index contributed by atoms with van der Waals surface area (Å²) in [6.07, 6.45) is 3.61. The van der Waals surface area contributed by atoms with Crippen LogP contribution in [0.3, 0.4) is 0 Å². The molecule has 6 nitrogen and oxygen atoms in total. The van der Waals surface area contributed by atoms with Crippen molar-refractivity contribution < 1.29 is 9.53 Å². The van der Waals surface area contributed by atoms with Crippen molar-refractivity contribution in [2.45, 2.75) is 13.5 Å². The Bertz CT molecular complexity index is 413. The maximum atomic E-state index is 12.0. The monoisotopic (exact) mass is 266 g/mol. The van der Waals surface area contributed by atoms with Gasteiger partial charge in [0.05, 0.1) is 19.8 Å². The predicted molar refractivity (Wildman–Crippen MR) is 71.5 cm³/mol. The highest BCUT2D eigenvalue weighted by molar-refractivity contribution is 5.78. The number of nitrogens with one attached hydrogen (secondary N) is 1. The fraction of sp³-hybridized carbons (Fsp3) is 0.692. The minimum atomic E-state index is -0.0154. The van der Waals surface area contributed by atoms with Crippen LogP contribution in [0.5, 0.6) is 0 Å². The first-order chi connectivity index (χ1) is 9.16. The normalized spacial score (nSPS) is 18.2. The molecule has 1 fully saturated rings. The highest BCUT2D eigenvalue weighted by atomic mass is 16.5. The van der Waals surface area contributed by atoms with Crippen molar-refractivity contribution in [1.29, 1.82) is 0 Å². The Kier molecular flexibility index (Phi) is 4.93. The van der Waals surface area contributed by atoms with Crippen LogP contribution in [-0.4, -0.2) is 53.2 Å². The Morgan fingerprint density at radius 1 is 1.53 bits per heavy atom. The fourth-order valence-electron chi connectivity index (χ4n) is 2.16. The molecule has 1 amide bonds. The highest BCUT2D eigenvalue weighted by Crippen LogP contribution is 2.04. The van der Waals surface area contributed by atoms with Gasteiger partial charge in [0.1, 0.15) is 5.82 Å². The summed E-state index contributed by atoms with van der Waals surface area (Å²) < 4.78 is 7.21. The molecule has 1 aromatic heterocycles. The van der Waals surface area contributed by atoms with Gasteiger partial charge in [0.15, 0.2) is 0 Å². The molecule has 6 heteroatoms. The van der Waals surface area contributed by atoms with Gasteiger partial charge in [0, 0.05) is 45.0 Å². The van der Waals surface area contributed by atoms with Crippen LogP contribution in [0.4, 0.5) is 0 Å². The van der Waals surface area contributed by atoms with Crippen LogP contribution in [0, 0.1) is 5.92 Å². The maximum Gasteiger partial charge on any atom is 0.224 e. The second kappa shape index (κ2) is 6.68. The third-order valence-corrected chi connectivity index (χ3v) is 3.43. The molecule has 1 aromatic rings. The van der Waals surface area contributed by atoms with Crippen molar-refractivity contribution in [2.24, 2.45) is 13.0 Å². The van der Waals surface area contributed by atoms with E-state index in [0.717, 1.165) is 38.7 Å². The maximum absolute atomic E-state index is 12.0. The van der Waals surface area contributed by atoms with Crippen molar-refractivity contribution in [3.63, 3.8) is 0 Å². The largest absolute Gasteiger partial charge is 0.379 e. The SMILES string of the molecule is CC(CN1CCOCC1)C(=O)NCc1nccn1C. The number of imidazole rings is 1. The minimum absolute atomic E-state index is 0.0154. The summed E-state index contributed by atoms with van der Waals surface area (Å²) in [7, 11) is 1.92.